The van der Waals surface area contributed by atoms with Crippen LogP contribution in [-0.4, -0.2) is 71.1 Å². The van der Waals surface area contributed by atoms with Gasteiger partial charge in [0.1, 0.15) is 11.4 Å². The molecule has 3 heterocycles. The molecule has 2 aromatic rings. The summed E-state index contributed by atoms with van der Waals surface area (Å²) < 4.78 is 61.4. The van der Waals surface area contributed by atoms with Crippen molar-refractivity contribution in [3.05, 3.63) is 47.9 Å². The Kier molecular flexibility index (Phi) is 8.02. The van der Waals surface area contributed by atoms with Crippen molar-refractivity contribution in [1.82, 2.24) is 14.8 Å². The van der Waals surface area contributed by atoms with Gasteiger partial charge in [-0.1, -0.05) is 12.5 Å². The summed E-state index contributed by atoms with van der Waals surface area (Å²) in [7, 11) is 0. The molecule has 2 amide bonds. The Morgan fingerprint density at radius 1 is 1.05 bits per heavy atom. The fourth-order valence-corrected chi connectivity index (χ4v) is 6.27. The molecule has 5 rings (SSSR count). The van der Waals surface area contributed by atoms with Crippen LogP contribution in [0.4, 0.5) is 17.6 Å². The number of rotatable bonds is 8. The fourth-order valence-electron chi connectivity index (χ4n) is 6.27. The van der Waals surface area contributed by atoms with Crippen molar-refractivity contribution in [2.45, 2.75) is 63.6 Å². The summed E-state index contributed by atoms with van der Waals surface area (Å²) in [5, 5.41) is 0. The highest BCUT2D eigenvalue weighted by Crippen LogP contribution is 2.53. The average molecular weight is 577 g/mol. The van der Waals surface area contributed by atoms with E-state index in [-0.39, 0.29) is 30.9 Å². The smallest absolute Gasteiger partial charge is 0.395 e. The van der Waals surface area contributed by atoms with E-state index in [4.69, 9.17) is 10.5 Å². The van der Waals surface area contributed by atoms with Gasteiger partial charge in [-0.2, -0.15) is 13.2 Å². The van der Waals surface area contributed by atoms with Gasteiger partial charge in [0.05, 0.1) is 17.6 Å². The summed E-state index contributed by atoms with van der Waals surface area (Å²) in [5.74, 6) is -1.22. The monoisotopic (exact) mass is 576 g/mol. The summed E-state index contributed by atoms with van der Waals surface area (Å²) >= 11 is 0. The van der Waals surface area contributed by atoms with E-state index in [1.54, 1.807) is 31.3 Å². The van der Waals surface area contributed by atoms with E-state index in [1.165, 1.54) is 17.0 Å². The number of likely N-dealkylation sites (tertiary alicyclic amines) is 2. The minimum absolute atomic E-state index is 0.0911. The molecule has 41 heavy (non-hydrogen) atoms. The van der Waals surface area contributed by atoms with Crippen molar-refractivity contribution in [3.8, 4) is 17.0 Å². The van der Waals surface area contributed by atoms with Crippen molar-refractivity contribution >= 4 is 11.8 Å². The first-order valence-corrected chi connectivity index (χ1v) is 14.2. The van der Waals surface area contributed by atoms with E-state index in [2.05, 4.69) is 4.98 Å². The number of ether oxygens (including phenoxy) is 1. The maximum Gasteiger partial charge on any atom is 0.395 e. The summed E-state index contributed by atoms with van der Waals surface area (Å²) in [4.78, 5) is 32.6. The summed E-state index contributed by atoms with van der Waals surface area (Å²) in [6, 6.07) is 7.74. The van der Waals surface area contributed by atoms with E-state index in [0.717, 1.165) is 12.8 Å². The van der Waals surface area contributed by atoms with Gasteiger partial charge in [0.15, 0.2) is 0 Å². The lowest BCUT2D eigenvalue weighted by Crippen LogP contribution is -2.54. The van der Waals surface area contributed by atoms with E-state index in [0.29, 0.717) is 62.5 Å². The Labute approximate surface area is 237 Å². The van der Waals surface area contributed by atoms with Gasteiger partial charge in [0.2, 0.25) is 11.8 Å². The quantitative estimate of drug-likeness (QED) is 0.437. The molecule has 1 aromatic carbocycles. The van der Waals surface area contributed by atoms with Crippen molar-refractivity contribution in [2.24, 2.45) is 17.1 Å². The zero-order valence-electron chi connectivity index (χ0n) is 23.2. The number of halogens is 4. The van der Waals surface area contributed by atoms with Crippen molar-refractivity contribution in [2.75, 3.05) is 32.8 Å². The molecule has 1 atom stereocenters. The zero-order valence-corrected chi connectivity index (χ0v) is 23.2. The minimum atomic E-state index is -4.14. The molecular weight excluding hydrogens is 540 g/mol. The molecule has 7 nitrogen and oxygen atoms in total. The number of carbonyl (C=O) groups is 2. The van der Waals surface area contributed by atoms with Gasteiger partial charge in [0, 0.05) is 30.9 Å². The molecule has 222 valence electrons. The Morgan fingerprint density at radius 2 is 1.76 bits per heavy atom. The number of alkyl halides is 3. The number of nitrogens with two attached hydrogens (primary N) is 1. The van der Waals surface area contributed by atoms with Crippen molar-refractivity contribution in [3.63, 3.8) is 0 Å². The predicted octanol–water partition coefficient (Wildman–Crippen LogP) is 5.19. The third kappa shape index (κ3) is 5.78. The normalized spacial score (nSPS) is 23.3. The molecule has 1 aromatic heterocycles. The number of nitrogens with zero attached hydrogens (tertiary/aromatic N) is 3. The topological polar surface area (TPSA) is 88.8 Å². The van der Waals surface area contributed by atoms with Crippen molar-refractivity contribution < 1.29 is 31.9 Å². The van der Waals surface area contributed by atoms with Gasteiger partial charge in [0.25, 0.3) is 5.91 Å². The first-order valence-electron chi connectivity index (χ1n) is 14.2. The average Bonchev–Trinajstić information content (AvgIpc) is 3.32. The van der Waals surface area contributed by atoms with Crippen LogP contribution in [0, 0.1) is 17.2 Å². The number of pyridine rings is 1. The van der Waals surface area contributed by atoms with Crippen LogP contribution in [0.5, 0.6) is 5.88 Å². The van der Waals surface area contributed by atoms with Gasteiger partial charge >= 0.3 is 6.18 Å². The number of benzene rings is 1. The first kappa shape index (κ1) is 29.3. The van der Waals surface area contributed by atoms with E-state index in [1.807, 2.05) is 4.90 Å². The number of hydrogen-bond acceptors (Lipinski definition) is 5. The number of amides is 2. The van der Waals surface area contributed by atoms with Crippen LogP contribution in [-0.2, 0) is 4.79 Å². The second-order valence-electron chi connectivity index (χ2n) is 11.9. The summed E-state index contributed by atoms with van der Waals surface area (Å²) in [6.45, 7) is 3.71. The summed E-state index contributed by atoms with van der Waals surface area (Å²) in [5.41, 5.74) is 3.91. The lowest BCUT2D eigenvalue weighted by molar-refractivity contribution is -0.256. The standard InChI is InChI=1S/C30H36F4N4O3/c1-28(27(35)40)10-3-13-38(28)26(39)23-6-4-21(16-24(23)31)22-5-7-25(36-17-22)41-18-20-8-14-37(15-9-20)19-29(11-2-12-29)30(32,33)34/h4-7,16-17,20H,2-3,8-15,18-19H2,1H3,(H2,35,40). The highest BCUT2D eigenvalue weighted by atomic mass is 19.4. The number of aromatic nitrogens is 1. The van der Waals surface area contributed by atoms with Gasteiger partial charge in [-0.15, -0.1) is 0 Å². The minimum Gasteiger partial charge on any atom is -0.477 e. The van der Waals surface area contributed by atoms with E-state index < -0.39 is 34.8 Å². The Hall–Kier alpha value is -3.21. The maximum absolute atomic E-state index is 15.0. The molecule has 0 radical (unpaired) electrons. The largest absolute Gasteiger partial charge is 0.477 e. The Bertz CT molecular complexity index is 1270. The summed E-state index contributed by atoms with van der Waals surface area (Å²) in [6.07, 6.45) is 1.12. The van der Waals surface area contributed by atoms with E-state index >= 15 is 4.39 Å². The molecule has 1 unspecified atom stereocenters. The third-order valence-electron chi connectivity index (χ3n) is 9.30. The van der Waals surface area contributed by atoms with Crippen molar-refractivity contribution in [1.29, 1.82) is 0 Å². The molecule has 11 heteroatoms. The lowest BCUT2D eigenvalue weighted by Gasteiger charge is -2.47. The molecule has 2 N–H and O–H groups in total. The number of piperidine rings is 1. The van der Waals surface area contributed by atoms with Crippen LogP contribution in [0.3, 0.4) is 0 Å². The molecule has 1 aliphatic carbocycles. The highest BCUT2D eigenvalue weighted by molar-refractivity contribution is 5.99. The van der Waals surface area contributed by atoms with Crippen LogP contribution in [0.15, 0.2) is 36.5 Å². The maximum atomic E-state index is 15.0. The molecule has 0 spiro atoms. The first-order chi connectivity index (χ1) is 19.4. The SMILES string of the molecule is CC1(C(N)=O)CCCN1C(=O)c1ccc(-c2ccc(OCC3CCN(CC4(C(F)(F)F)CCC4)CC3)nc2)cc1F. The van der Waals surface area contributed by atoms with Crippen LogP contribution >= 0.6 is 0 Å². The van der Waals surface area contributed by atoms with Gasteiger partial charge in [-0.3, -0.25) is 9.59 Å². The fraction of sp³-hybridized carbons (Fsp3) is 0.567. The predicted molar refractivity (Wildman–Crippen MR) is 144 cm³/mol. The molecule has 3 aliphatic rings. The number of primary amides is 1. The van der Waals surface area contributed by atoms with Crippen LogP contribution < -0.4 is 10.5 Å². The van der Waals surface area contributed by atoms with Gasteiger partial charge < -0.3 is 20.3 Å². The zero-order chi connectivity index (χ0) is 29.4. The second kappa shape index (κ2) is 11.2. The second-order valence-corrected chi connectivity index (χ2v) is 11.9. The Balaban J connectivity index is 1.13. The van der Waals surface area contributed by atoms with Crippen LogP contribution in [0.1, 0.15) is 62.2 Å². The van der Waals surface area contributed by atoms with E-state index in [9.17, 15) is 22.8 Å². The molecular formula is C30H36F4N4O3. The van der Waals surface area contributed by atoms with Gasteiger partial charge in [-0.25, -0.2) is 9.37 Å². The Morgan fingerprint density at radius 3 is 2.32 bits per heavy atom. The highest BCUT2D eigenvalue weighted by Gasteiger charge is 2.58. The van der Waals surface area contributed by atoms with Crippen LogP contribution in [0.2, 0.25) is 0 Å². The molecule has 2 aliphatic heterocycles. The van der Waals surface area contributed by atoms with Crippen LogP contribution in [0.25, 0.3) is 11.1 Å². The van der Waals surface area contributed by atoms with Gasteiger partial charge in [-0.05, 0) is 88.2 Å². The molecule has 1 saturated carbocycles. The molecule has 0 bridgehead atoms. The molecule has 2 saturated heterocycles. The number of carbonyl (C=O) groups excluding carboxylic acids is 2. The lowest BCUT2D eigenvalue weighted by atomic mass is 9.67. The molecule has 3 fully saturated rings. The third-order valence-corrected chi connectivity index (χ3v) is 9.30. The number of hydrogen-bond donors (Lipinski definition) is 1.